The summed E-state index contributed by atoms with van der Waals surface area (Å²) in [6.07, 6.45) is -2.74. The van der Waals surface area contributed by atoms with E-state index in [9.17, 15) is 13.6 Å². The van der Waals surface area contributed by atoms with E-state index in [1.165, 1.54) is 0 Å². The molecule has 0 aliphatic rings. The molecule has 1 aromatic heterocycles. The number of aromatic nitrogens is 1. The number of hydrogen-bond acceptors (Lipinski definition) is 2. The molecule has 1 N–H and O–H groups in total. The molecule has 0 amide bonds. The first-order valence-electron chi connectivity index (χ1n) is 3.74. The summed E-state index contributed by atoms with van der Waals surface area (Å²) in [6, 6.07) is 0.931. The summed E-state index contributed by atoms with van der Waals surface area (Å²) in [5.41, 5.74) is -0.510. The van der Waals surface area contributed by atoms with Gasteiger partial charge in [0.1, 0.15) is 4.60 Å². The van der Waals surface area contributed by atoms with Gasteiger partial charge in [0.05, 0.1) is 11.3 Å². The van der Waals surface area contributed by atoms with Gasteiger partial charge in [0.25, 0.3) is 6.43 Å². The lowest BCUT2D eigenvalue weighted by Gasteiger charge is -2.08. The first-order chi connectivity index (χ1) is 6.97. The fourth-order valence-electron chi connectivity index (χ4n) is 0.988. The highest BCUT2D eigenvalue weighted by molar-refractivity contribution is 9.10. The Morgan fingerprint density at radius 1 is 1.60 bits per heavy atom. The molecule has 1 aromatic rings. The van der Waals surface area contributed by atoms with Crippen LogP contribution < -0.4 is 0 Å². The number of carboxylic acids is 1. The van der Waals surface area contributed by atoms with Crippen molar-refractivity contribution >= 4 is 37.8 Å². The summed E-state index contributed by atoms with van der Waals surface area (Å²) in [4.78, 5) is 14.4. The Hall–Kier alpha value is -0.560. The molecule has 82 valence electrons. The third-order valence-corrected chi connectivity index (χ3v) is 2.82. The normalized spacial score (nSPS) is 10.7. The van der Waals surface area contributed by atoms with Crippen LogP contribution in [-0.4, -0.2) is 16.1 Å². The van der Waals surface area contributed by atoms with Crippen molar-refractivity contribution in [3.63, 3.8) is 0 Å². The molecule has 0 aliphatic heterocycles. The van der Waals surface area contributed by atoms with Gasteiger partial charge >= 0.3 is 5.97 Å². The smallest absolute Gasteiger partial charge is 0.338 e. The van der Waals surface area contributed by atoms with E-state index in [-0.39, 0.29) is 26.8 Å². The lowest BCUT2D eigenvalue weighted by molar-refractivity contribution is 0.0694. The second kappa shape index (κ2) is 4.98. The SMILES string of the molecule is O=C(O)c1cc(C(F)F)c(CBr)nc1Br. The van der Waals surface area contributed by atoms with E-state index in [0.717, 1.165) is 6.07 Å². The van der Waals surface area contributed by atoms with Crippen molar-refractivity contribution < 1.29 is 18.7 Å². The van der Waals surface area contributed by atoms with Crippen molar-refractivity contribution in [3.8, 4) is 0 Å². The first kappa shape index (κ1) is 12.5. The quantitative estimate of drug-likeness (QED) is 0.675. The minimum atomic E-state index is -2.74. The lowest BCUT2D eigenvalue weighted by atomic mass is 10.1. The number of pyridine rings is 1. The van der Waals surface area contributed by atoms with Gasteiger partial charge in [0, 0.05) is 10.9 Å². The molecule has 0 radical (unpaired) electrons. The number of carbonyl (C=O) groups is 1. The Bertz CT molecular complexity index is 398. The maximum absolute atomic E-state index is 12.5. The van der Waals surface area contributed by atoms with Crippen LogP contribution in [0.3, 0.4) is 0 Å². The van der Waals surface area contributed by atoms with Gasteiger partial charge in [-0.15, -0.1) is 0 Å². The standard InChI is InChI=1S/C8H5Br2F2NO2/c9-2-5-3(7(11)12)1-4(8(14)15)6(10)13-5/h1,7H,2H2,(H,14,15). The Labute approximate surface area is 101 Å². The molecule has 0 saturated carbocycles. The van der Waals surface area contributed by atoms with E-state index in [0.29, 0.717) is 0 Å². The van der Waals surface area contributed by atoms with Gasteiger partial charge in [-0.05, 0) is 22.0 Å². The molecule has 15 heavy (non-hydrogen) atoms. The van der Waals surface area contributed by atoms with Crippen molar-refractivity contribution in [2.75, 3.05) is 0 Å². The largest absolute Gasteiger partial charge is 0.478 e. The number of alkyl halides is 3. The fraction of sp³-hybridized carbons (Fsp3) is 0.250. The van der Waals surface area contributed by atoms with E-state index in [2.05, 4.69) is 36.8 Å². The van der Waals surface area contributed by atoms with Crippen molar-refractivity contribution in [3.05, 3.63) is 27.5 Å². The Morgan fingerprint density at radius 2 is 2.20 bits per heavy atom. The number of nitrogens with zero attached hydrogens (tertiary/aromatic N) is 1. The number of halogens is 4. The third kappa shape index (κ3) is 2.72. The molecule has 1 heterocycles. The predicted octanol–water partition coefficient (Wildman–Crippen LogP) is 3.37. The molecule has 7 heteroatoms. The maximum Gasteiger partial charge on any atom is 0.338 e. The van der Waals surface area contributed by atoms with E-state index in [1.54, 1.807) is 0 Å². The van der Waals surface area contributed by atoms with Crippen LogP contribution in [0.15, 0.2) is 10.7 Å². The molecule has 0 aliphatic carbocycles. The van der Waals surface area contributed by atoms with Crippen LogP contribution in [-0.2, 0) is 5.33 Å². The van der Waals surface area contributed by atoms with E-state index < -0.39 is 12.4 Å². The number of carboxylic acid groups (broad SMARTS) is 1. The highest BCUT2D eigenvalue weighted by Crippen LogP contribution is 2.27. The first-order valence-corrected chi connectivity index (χ1v) is 5.65. The average molecular weight is 345 g/mol. The molecular formula is C8H5Br2F2NO2. The second-order valence-electron chi connectivity index (χ2n) is 2.60. The van der Waals surface area contributed by atoms with Gasteiger partial charge in [-0.2, -0.15) is 0 Å². The molecule has 0 unspecified atom stereocenters. The Balaban J connectivity index is 3.37. The molecule has 0 atom stereocenters. The molecule has 3 nitrogen and oxygen atoms in total. The molecule has 0 spiro atoms. The van der Waals surface area contributed by atoms with Gasteiger partial charge in [-0.3, -0.25) is 0 Å². The van der Waals surface area contributed by atoms with Crippen LogP contribution in [0.1, 0.15) is 28.0 Å². The van der Waals surface area contributed by atoms with Crippen LogP contribution >= 0.6 is 31.9 Å². The van der Waals surface area contributed by atoms with Crippen LogP contribution in [0, 0.1) is 0 Å². The van der Waals surface area contributed by atoms with E-state index >= 15 is 0 Å². The molecule has 0 bridgehead atoms. The minimum Gasteiger partial charge on any atom is -0.478 e. The highest BCUT2D eigenvalue weighted by atomic mass is 79.9. The Morgan fingerprint density at radius 3 is 2.60 bits per heavy atom. The number of rotatable bonds is 3. The lowest BCUT2D eigenvalue weighted by Crippen LogP contribution is -2.05. The van der Waals surface area contributed by atoms with Crippen LogP contribution in [0.25, 0.3) is 0 Å². The zero-order valence-corrected chi connectivity index (χ0v) is 10.3. The number of aromatic carboxylic acids is 1. The van der Waals surface area contributed by atoms with Crippen LogP contribution in [0.4, 0.5) is 8.78 Å². The monoisotopic (exact) mass is 343 g/mol. The molecular weight excluding hydrogens is 340 g/mol. The summed E-state index contributed by atoms with van der Waals surface area (Å²) in [5.74, 6) is -1.29. The molecule has 1 rings (SSSR count). The fourth-order valence-corrected chi connectivity index (χ4v) is 1.93. The molecule has 0 saturated heterocycles. The Kier molecular flexibility index (Phi) is 4.15. The third-order valence-electron chi connectivity index (χ3n) is 1.68. The van der Waals surface area contributed by atoms with E-state index in [1.807, 2.05) is 0 Å². The van der Waals surface area contributed by atoms with Gasteiger partial charge in [-0.25, -0.2) is 18.6 Å². The average Bonchev–Trinajstić information content (AvgIpc) is 2.16. The van der Waals surface area contributed by atoms with Crippen molar-refractivity contribution in [1.82, 2.24) is 4.98 Å². The van der Waals surface area contributed by atoms with Gasteiger partial charge < -0.3 is 5.11 Å². The van der Waals surface area contributed by atoms with Crippen LogP contribution in [0.5, 0.6) is 0 Å². The minimum absolute atomic E-state index is 0.0499. The van der Waals surface area contributed by atoms with E-state index in [4.69, 9.17) is 5.11 Å². The summed E-state index contributed by atoms with van der Waals surface area (Å²) >= 11 is 5.92. The number of hydrogen-bond donors (Lipinski definition) is 1. The molecule has 0 aromatic carbocycles. The van der Waals surface area contributed by atoms with Gasteiger partial charge in [0.15, 0.2) is 0 Å². The summed E-state index contributed by atoms with van der Waals surface area (Å²) in [7, 11) is 0. The van der Waals surface area contributed by atoms with Crippen molar-refractivity contribution in [1.29, 1.82) is 0 Å². The highest BCUT2D eigenvalue weighted by Gasteiger charge is 2.19. The summed E-state index contributed by atoms with van der Waals surface area (Å²) < 4.78 is 25.1. The zero-order chi connectivity index (χ0) is 11.6. The summed E-state index contributed by atoms with van der Waals surface area (Å²) in [6.45, 7) is 0. The second-order valence-corrected chi connectivity index (χ2v) is 3.91. The molecule has 0 fully saturated rings. The van der Waals surface area contributed by atoms with Gasteiger partial charge in [-0.1, -0.05) is 15.9 Å². The van der Waals surface area contributed by atoms with Gasteiger partial charge in [0.2, 0.25) is 0 Å². The van der Waals surface area contributed by atoms with Crippen LogP contribution in [0.2, 0.25) is 0 Å². The van der Waals surface area contributed by atoms with Crippen molar-refractivity contribution in [2.45, 2.75) is 11.8 Å². The zero-order valence-electron chi connectivity index (χ0n) is 7.18. The predicted molar refractivity (Wildman–Crippen MR) is 56.5 cm³/mol. The summed E-state index contributed by atoms with van der Waals surface area (Å²) in [5, 5.41) is 8.85. The topological polar surface area (TPSA) is 50.2 Å². The van der Waals surface area contributed by atoms with Crippen molar-refractivity contribution in [2.24, 2.45) is 0 Å². The maximum atomic E-state index is 12.5.